The summed E-state index contributed by atoms with van der Waals surface area (Å²) in [6.45, 7) is 6.62. The van der Waals surface area contributed by atoms with Crippen LogP contribution >= 0.6 is 30.8 Å². The van der Waals surface area contributed by atoms with Gasteiger partial charge in [0, 0.05) is 34.8 Å². The van der Waals surface area contributed by atoms with Crippen molar-refractivity contribution in [3.63, 3.8) is 0 Å². The first-order valence-electron chi connectivity index (χ1n) is 16.0. The van der Waals surface area contributed by atoms with Crippen LogP contribution in [0.1, 0.15) is 48.2 Å². The number of hydrogen-bond acceptors (Lipinski definition) is 14. The molecule has 0 fully saturated rings. The third-order valence-corrected chi connectivity index (χ3v) is 7.94. The number of methoxy groups -OCH3 is 1. The average Bonchev–Trinajstić information content (AvgIpc) is 3.08. The number of carboxylic acid groups (broad SMARTS) is 1. The van der Waals surface area contributed by atoms with Crippen molar-refractivity contribution in [1.29, 1.82) is 0 Å². The Labute approximate surface area is 335 Å². The summed E-state index contributed by atoms with van der Waals surface area (Å²) in [6, 6.07) is 9.70. The lowest BCUT2D eigenvalue weighted by Crippen LogP contribution is -2.25. The average molecular weight is 869 g/mol. The summed E-state index contributed by atoms with van der Waals surface area (Å²) < 4.78 is 20.0. The minimum absolute atomic E-state index is 0.0109. The SMILES string of the molecule is CCC(CC)Nc1c([N+](=O)[O-])cc(C)c(C)c1[N+](=O)[O-].COC(=O)c1cc(Oc2ccc(Cl)cc2Cl)ccc1[N+](=O)[O-].C[S+](C)C.O=C(O)CNCP(=O)([O-])O. The number of carbonyl (C=O) groups excluding carboxylic acids is 1. The van der Waals surface area contributed by atoms with E-state index >= 15 is 0 Å². The van der Waals surface area contributed by atoms with E-state index in [2.05, 4.69) is 28.8 Å². The maximum absolute atomic E-state index is 11.6. The molecule has 0 aromatic heterocycles. The van der Waals surface area contributed by atoms with Crippen LogP contribution in [-0.2, 0) is 25.0 Å². The number of anilines is 1. The second-order valence-corrected chi connectivity index (χ2v) is 16.6. The highest BCUT2D eigenvalue weighted by Crippen LogP contribution is 2.40. The van der Waals surface area contributed by atoms with Gasteiger partial charge in [0.1, 0.15) is 24.7 Å². The number of aliphatic carboxylic acids is 1. The van der Waals surface area contributed by atoms with Gasteiger partial charge in [0.2, 0.25) is 0 Å². The van der Waals surface area contributed by atoms with Gasteiger partial charge < -0.3 is 34.2 Å². The first-order chi connectivity index (χ1) is 25.9. The summed E-state index contributed by atoms with van der Waals surface area (Å²) in [4.78, 5) is 70.9. The van der Waals surface area contributed by atoms with Gasteiger partial charge in [-0.2, -0.15) is 0 Å². The number of nitrogens with one attached hydrogen (secondary N) is 2. The number of nitro benzene ring substituents is 3. The molecule has 0 aliphatic heterocycles. The van der Waals surface area contributed by atoms with Gasteiger partial charge in [0.05, 0.1) is 58.5 Å². The maximum atomic E-state index is 11.6. The second-order valence-electron chi connectivity index (χ2n) is 11.7. The van der Waals surface area contributed by atoms with Gasteiger partial charge in [-0.15, -0.1) is 0 Å². The van der Waals surface area contributed by atoms with Crippen LogP contribution in [0.15, 0.2) is 42.5 Å². The first kappa shape index (κ1) is 51.4. The van der Waals surface area contributed by atoms with Crippen LogP contribution < -0.4 is 20.3 Å². The fraction of sp³-hybridized carbons (Fsp3) is 0.394. The Bertz CT molecular complexity index is 1890. The Kier molecular flexibility index (Phi) is 22.8. The minimum atomic E-state index is -4.35. The van der Waals surface area contributed by atoms with Crippen LogP contribution in [-0.4, -0.2) is 81.5 Å². The molecule has 3 aromatic rings. The molecule has 19 nitrogen and oxygen atoms in total. The molecule has 56 heavy (non-hydrogen) atoms. The summed E-state index contributed by atoms with van der Waals surface area (Å²) in [5.41, 5.74) is -0.0313. The third-order valence-electron chi connectivity index (χ3n) is 6.79. The zero-order chi connectivity index (χ0) is 43.5. The molecule has 310 valence electrons. The van der Waals surface area contributed by atoms with Crippen molar-refractivity contribution in [3.8, 4) is 11.5 Å². The molecule has 3 rings (SSSR count). The van der Waals surface area contributed by atoms with E-state index in [1.165, 1.54) is 24.3 Å². The van der Waals surface area contributed by atoms with E-state index in [9.17, 15) is 49.4 Å². The Morgan fingerprint density at radius 3 is 1.91 bits per heavy atom. The molecule has 0 aliphatic carbocycles. The monoisotopic (exact) mass is 867 g/mol. The highest BCUT2D eigenvalue weighted by Gasteiger charge is 2.30. The van der Waals surface area contributed by atoms with Crippen LogP contribution in [0.2, 0.25) is 10.0 Å². The van der Waals surface area contributed by atoms with Gasteiger partial charge >= 0.3 is 17.6 Å². The van der Waals surface area contributed by atoms with Crippen LogP contribution in [0.3, 0.4) is 0 Å². The number of carboxylic acids is 1. The molecule has 0 amide bonds. The summed E-state index contributed by atoms with van der Waals surface area (Å²) in [5, 5.41) is 47.0. The van der Waals surface area contributed by atoms with E-state index in [1.807, 2.05) is 19.2 Å². The molecule has 0 spiro atoms. The van der Waals surface area contributed by atoms with Crippen LogP contribution in [0, 0.1) is 44.2 Å². The van der Waals surface area contributed by atoms with Crippen molar-refractivity contribution < 1.29 is 53.3 Å². The van der Waals surface area contributed by atoms with Gasteiger partial charge in [-0.05, 0) is 67.4 Å². The second kappa shape index (κ2) is 24.8. The molecule has 1 atom stereocenters. The zero-order valence-electron chi connectivity index (χ0n) is 31.7. The molecule has 0 saturated heterocycles. The molecule has 23 heteroatoms. The Morgan fingerprint density at radius 1 is 0.929 bits per heavy atom. The highest BCUT2D eigenvalue weighted by atomic mass is 35.5. The lowest BCUT2D eigenvalue weighted by atomic mass is 10.0. The lowest BCUT2D eigenvalue weighted by molar-refractivity contribution is -0.392. The molecule has 3 aromatic carbocycles. The number of carbonyl (C=O) groups is 2. The number of nitro groups is 3. The van der Waals surface area contributed by atoms with Crippen molar-refractivity contribution in [1.82, 2.24) is 5.32 Å². The third kappa shape index (κ3) is 18.9. The van der Waals surface area contributed by atoms with Gasteiger partial charge in [0.25, 0.3) is 11.4 Å². The molecule has 1 unspecified atom stereocenters. The van der Waals surface area contributed by atoms with E-state index in [-0.39, 0.29) is 45.1 Å². The predicted molar refractivity (Wildman–Crippen MR) is 214 cm³/mol. The van der Waals surface area contributed by atoms with Crippen LogP contribution in [0.25, 0.3) is 0 Å². The van der Waals surface area contributed by atoms with Gasteiger partial charge in [-0.25, -0.2) is 4.79 Å². The van der Waals surface area contributed by atoms with Gasteiger partial charge in [-0.1, -0.05) is 37.0 Å². The van der Waals surface area contributed by atoms with E-state index in [0.29, 0.717) is 32.8 Å². The molecule has 0 aliphatic rings. The van der Waals surface area contributed by atoms with Gasteiger partial charge in [0.15, 0.2) is 5.69 Å². The molecule has 4 N–H and O–H groups in total. The largest absolute Gasteiger partial charge is 0.778 e. The molecular formula is C33H44Cl2N5O14PS. The van der Waals surface area contributed by atoms with Crippen molar-refractivity contribution in [2.24, 2.45) is 0 Å². The predicted octanol–water partition coefficient (Wildman–Crippen LogP) is 6.86. The van der Waals surface area contributed by atoms with Gasteiger partial charge in [-0.3, -0.25) is 40.5 Å². The zero-order valence-corrected chi connectivity index (χ0v) is 34.9. The first-order valence-corrected chi connectivity index (χ1v) is 21.0. The van der Waals surface area contributed by atoms with E-state index in [4.69, 9.17) is 37.9 Å². The molecule has 0 radical (unpaired) electrons. The standard InChI is InChI=1S/C14H9Cl2NO5.C13H19N3O4.C3H8NO5P.C3H9S/c1-21-14(18)10-7-9(3-4-12(10)17(19)20)22-13-5-2-8(15)6-11(13)16;1-5-10(6-2)14-12-11(15(17)18)7-8(3)9(4)13(12)16(19)20;5-3(6)1-4-2-10(7,8)9;1-4(2)3/h2-7H,1H3;7,10,14H,5-6H2,1-4H3;4H,1-2H2,(H,5,6)(H2,7,8,9);1-3H3/q;;;+1/p-1. The summed E-state index contributed by atoms with van der Waals surface area (Å²) >= 11 is 11.8. The van der Waals surface area contributed by atoms with Crippen molar-refractivity contribution in [2.45, 2.75) is 46.6 Å². The van der Waals surface area contributed by atoms with Crippen molar-refractivity contribution in [2.75, 3.05) is 44.0 Å². The number of halogens is 2. The number of benzene rings is 3. The number of nitrogens with zero attached hydrogens (tertiary/aromatic N) is 3. The van der Waals surface area contributed by atoms with Crippen LogP contribution in [0.4, 0.5) is 22.7 Å². The quantitative estimate of drug-likeness (QED) is 0.0423. The van der Waals surface area contributed by atoms with Crippen LogP contribution in [0.5, 0.6) is 11.5 Å². The molecule has 0 saturated carbocycles. The lowest BCUT2D eigenvalue weighted by Gasteiger charge is -2.17. The van der Waals surface area contributed by atoms with E-state index < -0.39 is 47.1 Å². The van der Waals surface area contributed by atoms with E-state index in [0.717, 1.165) is 26.0 Å². The number of rotatable bonds is 14. The maximum Gasteiger partial charge on any atom is 0.345 e. The normalized spacial score (nSPS) is 11.3. The number of aryl methyl sites for hydroxylation is 1. The Balaban J connectivity index is 0.000000817. The molecular weight excluding hydrogens is 824 g/mol. The summed E-state index contributed by atoms with van der Waals surface area (Å²) in [7, 11) is -2.57. The fourth-order valence-electron chi connectivity index (χ4n) is 4.09. The smallest absolute Gasteiger partial charge is 0.345 e. The van der Waals surface area contributed by atoms with E-state index in [1.54, 1.807) is 26.0 Å². The number of hydrogen-bond donors (Lipinski definition) is 4. The molecule has 0 heterocycles. The highest BCUT2D eigenvalue weighted by molar-refractivity contribution is 7.94. The minimum Gasteiger partial charge on any atom is -0.778 e. The molecule has 0 bridgehead atoms. The number of ether oxygens (including phenoxy) is 2. The Morgan fingerprint density at radius 2 is 1.48 bits per heavy atom. The number of esters is 1. The van der Waals surface area contributed by atoms with Crippen molar-refractivity contribution >= 4 is 76.4 Å². The summed E-state index contributed by atoms with van der Waals surface area (Å²) in [6.07, 6.45) is 7.34. The topological polar surface area (TPSA) is 287 Å². The fourth-order valence-corrected chi connectivity index (χ4v) is 4.93. The van der Waals surface area contributed by atoms with Crippen molar-refractivity contribution in [3.05, 3.63) is 99.5 Å². The summed E-state index contributed by atoms with van der Waals surface area (Å²) in [5.74, 6) is -1.50. The Hall–Kier alpha value is -4.56.